The minimum absolute atomic E-state index is 0.0439. The summed E-state index contributed by atoms with van der Waals surface area (Å²) in [7, 11) is -4.13. The van der Waals surface area contributed by atoms with Crippen molar-refractivity contribution < 1.29 is 18.0 Å². The van der Waals surface area contributed by atoms with E-state index in [4.69, 9.17) is 11.6 Å². The molecule has 0 aliphatic rings. The summed E-state index contributed by atoms with van der Waals surface area (Å²) in [5.41, 5.74) is 1.64. The zero-order valence-corrected chi connectivity index (χ0v) is 23.0. The number of halogens is 1. The fraction of sp³-hybridized carbons (Fsp3) is 0.286. The molecule has 9 heteroatoms. The number of hydrogen-bond donors (Lipinski definition) is 1. The van der Waals surface area contributed by atoms with Gasteiger partial charge in [-0.1, -0.05) is 66.2 Å². The maximum atomic E-state index is 13.8. The number of carbonyl (C=O) groups excluding carboxylic acids is 2. The molecule has 0 bridgehead atoms. The Hall–Kier alpha value is -3.36. The van der Waals surface area contributed by atoms with E-state index < -0.39 is 28.5 Å². The van der Waals surface area contributed by atoms with Crippen LogP contribution >= 0.6 is 11.6 Å². The van der Waals surface area contributed by atoms with E-state index in [9.17, 15) is 18.0 Å². The zero-order chi connectivity index (χ0) is 27.2. The molecule has 0 spiro atoms. The van der Waals surface area contributed by atoms with Gasteiger partial charge in [0.2, 0.25) is 11.8 Å². The quantitative estimate of drug-likeness (QED) is 0.400. The number of anilines is 1. The van der Waals surface area contributed by atoms with Gasteiger partial charge in [0.25, 0.3) is 10.0 Å². The van der Waals surface area contributed by atoms with Crippen molar-refractivity contribution in [3.05, 3.63) is 95.0 Å². The molecule has 0 heterocycles. The highest BCUT2D eigenvalue weighted by atomic mass is 35.5. The van der Waals surface area contributed by atoms with Gasteiger partial charge in [-0.05, 0) is 63.1 Å². The van der Waals surface area contributed by atoms with E-state index >= 15 is 0 Å². The highest BCUT2D eigenvalue weighted by Gasteiger charge is 2.33. The maximum Gasteiger partial charge on any atom is 0.264 e. The molecular weight excluding hydrogens is 510 g/mol. The second kappa shape index (κ2) is 12.3. The van der Waals surface area contributed by atoms with Gasteiger partial charge in [0.15, 0.2) is 0 Å². The van der Waals surface area contributed by atoms with Crippen molar-refractivity contribution in [1.29, 1.82) is 0 Å². The average Bonchev–Trinajstić information content (AvgIpc) is 2.88. The van der Waals surface area contributed by atoms with Crippen LogP contribution in [0.3, 0.4) is 0 Å². The predicted molar refractivity (Wildman–Crippen MR) is 147 cm³/mol. The SMILES string of the molecule is Cc1c(Cl)cccc1N(CC(=O)N(Cc1ccccc1)[C@H](C)C(=O)NC(C)C)S(=O)(=O)c1ccccc1. The van der Waals surface area contributed by atoms with Crippen molar-refractivity contribution in [2.45, 2.75) is 51.2 Å². The first-order valence-corrected chi connectivity index (χ1v) is 13.8. The minimum atomic E-state index is -4.13. The second-order valence-corrected chi connectivity index (χ2v) is 11.3. The van der Waals surface area contributed by atoms with Crippen LogP contribution in [0.4, 0.5) is 5.69 Å². The standard InChI is InChI=1S/C28H32ClN3O4S/c1-20(2)30-28(34)22(4)31(18-23-12-7-5-8-13-23)27(33)19-32(26-17-11-16-25(29)21(26)3)37(35,36)24-14-9-6-10-15-24/h5-17,20,22H,18-19H2,1-4H3,(H,30,34)/t22-/m1/s1. The number of nitrogens with zero attached hydrogens (tertiary/aromatic N) is 2. The lowest BCUT2D eigenvalue weighted by Gasteiger charge is -2.32. The highest BCUT2D eigenvalue weighted by molar-refractivity contribution is 7.92. The monoisotopic (exact) mass is 541 g/mol. The van der Waals surface area contributed by atoms with E-state index in [1.54, 1.807) is 50.2 Å². The molecule has 3 aromatic rings. The Morgan fingerprint density at radius 3 is 2.08 bits per heavy atom. The summed E-state index contributed by atoms with van der Waals surface area (Å²) in [4.78, 5) is 28.2. The van der Waals surface area contributed by atoms with E-state index in [2.05, 4.69) is 5.32 Å². The van der Waals surface area contributed by atoms with Crippen molar-refractivity contribution >= 4 is 39.1 Å². The summed E-state index contributed by atoms with van der Waals surface area (Å²) < 4.78 is 28.7. The van der Waals surface area contributed by atoms with Crippen LogP contribution in [0, 0.1) is 6.92 Å². The molecular formula is C28H32ClN3O4S. The van der Waals surface area contributed by atoms with Gasteiger partial charge in [0, 0.05) is 17.6 Å². The van der Waals surface area contributed by atoms with Crippen LogP contribution in [-0.2, 0) is 26.2 Å². The third-order valence-corrected chi connectivity index (χ3v) is 8.10. The summed E-state index contributed by atoms with van der Waals surface area (Å²) in [5, 5.41) is 3.22. The van der Waals surface area contributed by atoms with Crippen molar-refractivity contribution in [2.24, 2.45) is 0 Å². The lowest BCUT2D eigenvalue weighted by Crippen LogP contribution is -2.52. The van der Waals surface area contributed by atoms with Crippen LogP contribution in [0.5, 0.6) is 0 Å². The van der Waals surface area contributed by atoms with Crippen molar-refractivity contribution in [1.82, 2.24) is 10.2 Å². The lowest BCUT2D eigenvalue weighted by atomic mass is 10.1. The van der Waals surface area contributed by atoms with Gasteiger partial charge in [-0.2, -0.15) is 0 Å². The van der Waals surface area contributed by atoms with Gasteiger partial charge in [-0.3, -0.25) is 13.9 Å². The minimum Gasteiger partial charge on any atom is -0.352 e. The molecule has 3 rings (SSSR count). The van der Waals surface area contributed by atoms with E-state index in [0.717, 1.165) is 9.87 Å². The van der Waals surface area contributed by atoms with Crippen LogP contribution in [0.15, 0.2) is 83.8 Å². The number of amides is 2. The normalized spacial score (nSPS) is 12.2. The van der Waals surface area contributed by atoms with Crippen LogP contribution in [0.1, 0.15) is 31.9 Å². The first-order chi connectivity index (χ1) is 17.5. The molecule has 0 unspecified atom stereocenters. The molecule has 196 valence electrons. The van der Waals surface area contributed by atoms with Gasteiger partial charge in [-0.15, -0.1) is 0 Å². The first kappa shape index (κ1) is 28.2. The summed E-state index contributed by atoms with van der Waals surface area (Å²) in [6.45, 7) is 6.65. The van der Waals surface area contributed by atoms with Crippen LogP contribution in [0.25, 0.3) is 0 Å². The number of carbonyl (C=O) groups is 2. The Bertz CT molecular complexity index is 1330. The molecule has 2 amide bonds. The van der Waals surface area contributed by atoms with Gasteiger partial charge >= 0.3 is 0 Å². The number of hydrogen-bond acceptors (Lipinski definition) is 4. The van der Waals surface area contributed by atoms with Gasteiger partial charge in [0.1, 0.15) is 12.6 Å². The number of benzene rings is 3. The van der Waals surface area contributed by atoms with E-state index in [0.29, 0.717) is 16.3 Å². The first-order valence-electron chi connectivity index (χ1n) is 12.0. The lowest BCUT2D eigenvalue weighted by molar-refractivity contribution is -0.139. The largest absolute Gasteiger partial charge is 0.352 e. The zero-order valence-electron chi connectivity index (χ0n) is 21.4. The molecule has 0 aliphatic heterocycles. The van der Waals surface area contributed by atoms with Crippen molar-refractivity contribution in [2.75, 3.05) is 10.8 Å². The molecule has 0 fully saturated rings. The molecule has 37 heavy (non-hydrogen) atoms. The number of sulfonamides is 1. The summed E-state index contributed by atoms with van der Waals surface area (Å²) >= 11 is 6.33. The van der Waals surface area contributed by atoms with E-state index in [-0.39, 0.29) is 23.4 Å². The van der Waals surface area contributed by atoms with Gasteiger partial charge in [0.05, 0.1) is 10.6 Å². The third-order valence-electron chi connectivity index (χ3n) is 5.91. The van der Waals surface area contributed by atoms with Crippen molar-refractivity contribution in [3.63, 3.8) is 0 Å². The fourth-order valence-corrected chi connectivity index (χ4v) is 5.53. The summed E-state index contributed by atoms with van der Waals surface area (Å²) in [6, 6.07) is 21.1. The molecule has 7 nitrogen and oxygen atoms in total. The topological polar surface area (TPSA) is 86.8 Å². The number of nitrogens with one attached hydrogen (secondary N) is 1. The Kier molecular flexibility index (Phi) is 9.34. The summed E-state index contributed by atoms with van der Waals surface area (Å²) in [5.74, 6) is -0.843. The highest BCUT2D eigenvalue weighted by Crippen LogP contribution is 2.31. The Morgan fingerprint density at radius 1 is 0.892 bits per heavy atom. The van der Waals surface area contributed by atoms with E-state index in [1.807, 2.05) is 44.2 Å². The Morgan fingerprint density at radius 2 is 1.49 bits per heavy atom. The molecule has 0 saturated carbocycles. The van der Waals surface area contributed by atoms with Gasteiger partial charge < -0.3 is 10.2 Å². The second-order valence-electron chi connectivity index (χ2n) is 9.06. The number of rotatable bonds is 10. The van der Waals surface area contributed by atoms with Crippen LogP contribution in [-0.4, -0.2) is 43.8 Å². The molecule has 1 atom stereocenters. The Labute approximate surface area is 224 Å². The average molecular weight is 542 g/mol. The third kappa shape index (κ3) is 6.90. The molecule has 0 aromatic heterocycles. The fourth-order valence-electron chi connectivity index (χ4n) is 3.87. The summed E-state index contributed by atoms with van der Waals surface area (Å²) in [6.07, 6.45) is 0. The van der Waals surface area contributed by atoms with Gasteiger partial charge in [-0.25, -0.2) is 8.42 Å². The smallest absolute Gasteiger partial charge is 0.264 e. The Balaban J connectivity index is 2.05. The van der Waals surface area contributed by atoms with Crippen molar-refractivity contribution in [3.8, 4) is 0 Å². The molecule has 3 aromatic carbocycles. The maximum absolute atomic E-state index is 13.8. The van der Waals surface area contributed by atoms with E-state index in [1.165, 1.54) is 17.0 Å². The van der Waals surface area contributed by atoms with Crippen LogP contribution in [0.2, 0.25) is 5.02 Å². The predicted octanol–water partition coefficient (Wildman–Crippen LogP) is 4.79. The van der Waals surface area contributed by atoms with Crippen LogP contribution < -0.4 is 9.62 Å². The molecule has 0 aliphatic carbocycles. The molecule has 0 radical (unpaired) electrons. The molecule has 0 saturated heterocycles. The molecule has 1 N–H and O–H groups in total.